The number of carbonyl (C=O) groups excluding carboxylic acids is 2. The molecule has 0 saturated carbocycles. The van der Waals surface area contributed by atoms with Gasteiger partial charge in [0.05, 0.1) is 12.7 Å². The number of rotatable bonds is 9. The van der Waals surface area contributed by atoms with E-state index in [2.05, 4.69) is 11.9 Å². The lowest BCUT2D eigenvalue weighted by Gasteiger charge is -2.15. The summed E-state index contributed by atoms with van der Waals surface area (Å²) in [5, 5.41) is 2.74. The van der Waals surface area contributed by atoms with E-state index in [0.29, 0.717) is 23.7 Å². The monoisotopic (exact) mass is 369 g/mol. The third kappa shape index (κ3) is 5.88. The Morgan fingerprint density at radius 2 is 1.85 bits per heavy atom. The number of carbonyl (C=O) groups is 2. The van der Waals surface area contributed by atoms with Crippen molar-refractivity contribution in [2.75, 3.05) is 13.7 Å². The fourth-order valence-electron chi connectivity index (χ4n) is 2.30. The molecule has 0 heterocycles. The van der Waals surface area contributed by atoms with Crippen LogP contribution in [0.2, 0.25) is 0 Å². The van der Waals surface area contributed by atoms with Gasteiger partial charge in [0.2, 0.25) is 0 Å². The molecule has 6 nitrogen and oxygen atoms in total. The van der Waals surface area contributed by atoms with Gasteiger partial charge in [-0.2, -0.15) is 0 Å². The first-order chi connectivity index (χ1) is 13.0. The van der Waals surface area contributed by atoms with Gasteiger partial charge in [-0.25, -0.2) is 4.79 Å². The molecule has 2 aromatic carbocycles. The predicted molar refractivity (Wildman–Crippen MR) is 102 cm³/mol. The number of ether oxygens (including phenoxy) is 3. The Balaban J connectivity index is 1.87. The zero-order valence-corrected chi connectivity index (χ0v) is 15.4. The first-order valence-electron chi connectivity index (χ1n) is 8.49. The summed E-state index contributed by atoms with van der Waals surface area (Å²) in [6, 6.07) is 13.9. The minimum Gasteiger partial charge on any atom is -0.496 e. The van der Waals surface area contributed by atoms with E-state index in [1.807, 2.05) is 24.3 Å². The minimum absolute atomic E-state index is 0.278. The first kappa shape index (κ1) is 20.0. The van der Waals surface area contributed by atoms with Crippen molar-refractivity contribution in [3.05, 3.63) is 72.3 Å². The molecule has 1 unspecified atom stereocenters. The number of nitrogens with one attached hydrogen (secondary N) is 1. The summed E-state index contributed by atoms with van der Waals surface area (Å²) in [7, 11) is 1.57. The number of methoxy groups -OCH3 is 1. The Morgan fingerprint density at radius 3 is 2.52 bits per heavy atom. The highest BCUT2D eigenvalue weighted by atomic mass is 16.5. The molecule has 0 saturated heterocycles. The van der Waals surface area contributed by atoms with E-state index in [1.165, 1.54) is 6.92 Å². The molecule has 1 atom stereocenters. The van der Waals surface area contributed by atoms with Crippen molar-refractivity contribution in [1.82, 2.24) is 5.32 Å². The van der Waals surface area contributed by atoms with Crippen molar-refractivity contribution in [1.29, 1.82) is 0 Å². The molecule has 0 radical (unpaired) electrons. The van der Waals surface area contributed by atoms with Crippen molar-refractivity contribution in [3.63, 3.8) is 0 Å². The summed E-state index contributed by atoms with van der Waals surface area (Å²) in [4.78, 5) is 24.4. The van der Waals surface area contributed by atoms with Crippen molar-refractivity contribution < 1.29 is 23.8 Å². The lowest BCUT2D eigenvalue weighted by molar-refractivity contribution is -0.129. The van der Waals surface area contributed by atoms with Crippen LogP contribution in [0.15, 0.2) is 61.2 Å². The fourth-order valence-corrected chi connectivity index (χ4v) is 2.30. The van der Waals surface area contributed by atoms with Crippen LogP contribution in [0.4, 0.5) is 0 Å². The lowest BCUT2D eigenvalue weighted by atomic mass is 10.2. The average Bonchev–Trinajstić information content (AvgIpc) is 2.70. The second kappa shape index (κ2) is 10.0. The predicted octanol–water partition coefficient (Wildman–Crippen LogP) is 3.12. The number of hydrogen-bond donors (Lipinski definition) is 1. The van der Waals surface area contributed by atoms with Crippen LogP contribution in [0.3, 0.4) is 0 Å². The quantitative estimate of drug-likeness (QED) is 0.543. The Hall–Kier alpha value is -3.28. The van der Waals surface area contributed by atoms with Crippen LogP contribution in [0.25, 0.3) is 0 Å². The van der Waals surface area contributed by atoms with Gasteiger partial charge >= 0.3 is 5.97 Å². The van der Waals surface area contributed by atoms with E-state index in [0.717, 1.165) is 5.56 Å². The fraction of sp³-hybridized carbons (Fsp3) is 0.238. The van der Waals surface area contributed by atoms with Gasteiger partial charge in [-0.05, 0) is 37.3 Å². The molecule has 0 fully saturated rings. The molecule has 27 heavy (non-hydrogen) atoms. The largest absolute Gasteiger partial charge is 0.496 e. The van der Waals surface area contributed by atoms with Crippen molar-refractivity contribution in [3.8, 4) is 11.5 Å². The number of benzene rings is 2. The van der Waals surface area contributed by atoms with Gasteiger partial charge in [0.1, 0.15) is 18.1 Å². The molecule has 0 aliphatic carbocycles. The topological polar surface area (TPSA) is 73.9 Å². The van der Waals surface area contributed by atoms with Crippen LogP contribution < -0.4 is 14.8 Å². The van der Waals surface area contributed by atoms with E-state index in [9.17, 15) is 9.59 Å². The van der Waals surface area contributed by atoms with Crippen LogP contribution in [0.5, 0.6) is 11.5 Å². The Morgan fingerprint density at radius 1 is 1.15 bits per heavy atom. The van der Waals surface area contributed by atoms with E-state index in [-0.39, 0.29) is 12.5 Å². The molecule has 142 valence electrons. The number of hydrogen-bond acceptors (Lipinski definition) is 5. The van der Waals surface area contributed by atoms with E-state index in [1.54, 1.807) is 37.5 Å². The van der Waals surface area contributed by atoms with Crippen molar-refractivity contribution >= 4 is 11.9 Å². The number of esters is 1. The molecule has 2 aromatic rings. The van der Waals surface area contributed by atoms with Crippen LogP contribution >= 0.6 is 0 Å². The summed E-state index contributed by atoms with van der Waals surface area (Å²) >= 11 is 0. The summed E-state index contributed by atoms with van der Waals surface area (Å²) in [5.74, 6) is 0.334. The summed E-state index contributed by atoms with van der Waals surface area (Å²) in [5.41, 5.74) is 1.17. The smallest absolute Gasteiger partial charge is 0.338 e. The van der Waals surface area contributed by atoms with Crippen molar-refractivity contribution in [2.45, 2.75) is 19.6 Å². The molecule has 1 amide bonds. The van der Waals surface area contributed by atoms with Crippen LogP contribution in [0.1, 0.15) is 22.8 Å². The standard InChI is InChI=1S/C21H23NO5/c1-4-13-26-18-11-9-16(10-12-18)21(24)27-15(2)20(23)22-14-17-7-5-6-8-19(17)25-3/h4-12,15H,1,13-14H2,2-3H3,(H,22,23). The molecule has 0 spiro atoms. The van der Waals surface area contributed by atoms with Gasteiger partial charge in [-0.3, -0.25) is 4.79 Å². The van der Waals surface area contributed by atoms with E-state index in [4.69, 9.17) is 14.2 Å². The second-order valence-electron chi connectivity index (χ2n) is 5.70. The second-order valence-corrected chi connectivity index (χ2v) is 5.70. The molecule has 0 bridgehead atoms. The highest BCUT2D eigenvalue weighted by Gasteiger charge is 2.19. The van der Waals surface area contributed by atoms with Crippen LogP contribution in [-0.2, 0) is 16.1 Å². The van der Waals surface area contributed by atoms with Gasteiger partial charge < -0.3 is 19.5 Å². The molecule has 0 aliphatic heterocycles. The van der Waals surface area contributed by atoms with Gasteiger partial charge in [-0.1, -0.05) is 30.9 Å². The van der Waals surface area contributed by atoms with Gasteiger partial charge in [-0.15, -0.1) is 0 Å². The Kier molecular flexibility index (Phi) is 7.43. The highest BCUT2D eigenvalue weighted by Crippen LogP contribution is 2.17. The molecule has 0 aromatic heterocycles. The van der Waals surface area contributed by atoms with Gasteiger partial charge in [0.25, 0.3) is 5.91 Å². The Bertz CT molecular complexity index is 785. The van der Waals surface area contributed by atoms with Crippen LogP contribution in [-0.4, -0.2) is 31.7 Å². The van der Waals surface area contributed by atoms with Gasteiger partial charge in [0.15, 0.2) is 6.10 Å². The zero-order chi connectivity index (χ0) is 19.6. The first-order valence-corrected chi connectivity index (χ1v) is 8.49. The van der Waals surface area contributed by atoms with Crippen molar-refractivity contribution in [2.24, 2.45) is 0 Å². The SMILES string of the molecule is C=CCOc1ccc(C(=O)OC(C)C(=O)NCc2ccccc2OC)cc1. The molecule has 6 heteroatoms. The summed E-state index contributed by atoms with van der Waals surface area (Å²) in [6.45, 7) is 5.76. The maximum atomic E-state index is 12.2. The third-order valence-electron chi connectivity index (χ3n) is 3.76. The average molecular weight is 369 g/mol. The van der Waals surface area contributed by atoms with E-state index < -0.39 is 12.1 Å². The Labute approximate surface area is 158 Å². The number of para-hydroxylation sites is 1. The maximum absolute atomic E-state index is 12.2. The maximum Gasteiger partial charge on any atom is 0.338 e. The van der Waals surface area contributed by atoms with Gasteiger partial charge in [0, 0.05) is 12.1 Å². The summed E-state index contributed by atoms with van der Waals surface area (Å²) < 4.78 is 15.8. The molecule has 1 N–H and O–H groups in total. The normalized spacial score (nSPS) is 11.2. The zero-order valence-electron chi connectivity index (χ0n) is 15.4. The highest BCUT2D eigenvalue weighted by molar-refractivity contribution is 5.92. The molecule has 2 rings (SSSR count). The summed E-state index contributed by atoms with van der Waals surface area (Å²) in [6.07, 6.45) is 0.705. The molecule has 0 aliphatic rings. The molecular weight excluding hydrogens is 346 g/mol. The van der Waals surface area contributed by atoms with Crippen LogP contribution in [0, 0.1) is 0 Å². The molecular formula is C21H23NO5. The van der Waals surface area contributed by atoms with E-state index >= 15 is 0 Å². The third-order valence-corrected chi connectivity index (χ3v) is 3.76. The minimum atomic E-state index is -0.927. The number of amides is 1. The lowest BCUT2D eigenvalue weighted by Crippen LogP contribution is -2.35.